The average molecular weight is 446 g/mol. The highest BCUT2D eigenvalue weighted by Gasteiger charge is 2.17. The van der Waals surface area contributed by atoms with Gasteiger partial charge in [-0.05, 0) is 54.4 Å². The van der Waals surface area contributed by atoms with Crippen LogP contribution < -0.4 is 9.62 Å². The van der Waals surface area contributed by atoms with Gasteiger partial charge in [-0.25, -0.2) is 9.37 Å². The van der Waals surface area contributed by atoms with Crippen LogP contribution in [0.15, 0.2) is 78.9 Å². The van der Waals surface area contributed by atoms with Crippen LogP contribution in [0.2, 0.25) is 0 Å². The Balaban J connectivity index is 1.35. The first-order chi connectivity index (χ1) is 15.7. The van der Waals surface area contributed by atoms with Gasteiger partial charge in [0.1, 0.15) is 12.5 Å². The molecule has 3 aromatic carbocycles. The van der Waals surface area contributed by atoms with E-state index in [0.29, 0.717) is 24.7 Å². The van der Waals surface area contributed by atoms with E-state index in [0.717, 1.165) is 27.9 Å². The van der Waals surface area contributed by atoms with Crippen molar-refractivity contribution in [3.8, 4) is 11.3 Å². The second-order valence-electron chi connectivity index (χ2n) is 7.34. The number of benzene rings is 3. The molecule has 0 unspecified atom stereocenters. The van der Waals surface area contributed by atoms with Crippen LogP contribution in [0.25, 0.3) is 22.2 Å². The Hall–Kier alpha value is -3.42. The third-order valence-corrected chi connectivity index (χ3v) is 6.16. The number of nitrogens with zero attached hydrogens (tertiary/aromatic N) is 2. The number of carbonyl (C=O) groups is 1. The Morgan fingerprint density at radius 1 is 1.03 bits per heavy atom. The molecule has 0 aliphatic carbocycles. The monoisotopic (exact) mass is 445 g/mol. The lowest BCUT2D eigenvalue weighted by atomic mass is 10.1. The summed E-state index contributed by atoms with van der Waals surface area (Å²) >= 11 is 1.58. The minimum absolute atomic E-state index is 0.00842. The van der Waals surface area contributed by atoms with Crippen LogP contribution in [0.1, 0.15) is 10.4 Å². The van der Waals surface area contributed by atoms with Gasteiger partial charge in [-0.15, -0.1) is 0 Å². The molecule has 1 saturated heterocycles. The molecule has 0 saturated carbocycles. The highest BCUT2D eigenvalue weighted by molar-refractivity contribution is 8.00. The molecule has 1 aromatic heterocycles. The van der Waals surface area contributed by atoms with Gasteiger partial charge in [0.05, 0.1) is 29.1 Å². The lowest BCUT2D eigenvalue weighted by Crippen LogP contribution is -2.26. The van der Waals surface area contributed by atoms with Crippen molar-refractivity contribution in [2.24, 2.45) is 0 Å². The molecular weight excluding hydrogens is 425 g/mol. The molecule has 7 heteroatoms. The minimum Gasteiger partial charge on any atom is -0.359 e. The number of nitrogens with one attached hydrogen (secondary N) is 1. The van der Waals surface area contributed by atoms with E-state index >= 15 is 0 Å². The Labute approximate surface area is 189 Å². The number of ether oxygens (including phenoxy) is 1. The van der Waals surface area contributed by atoms with Gasteiger partial charge in [-0.3, -0.25) is 9.10 Å². The van der Waals surface area contributed by atoms with Crippen LogP contribution >= 0.6 is 11.9 Å². The van der Waals surface area contributed by atoms with Crippen molar-refractivity contribution in [2.45, 2.75) is 0 Å². The summed E-state index contributed by atoms with van der Waals surface area (Å²) in [6.45, 7) is 1.07. The normalized spacial score (nSPS) is 13.8. The minimum atomic E-state index is -0.571. The van der Waals surface area contributed by atoms with E-state index in [9.17, 15) is 9.18 Å². The number of carbonyl (C=O) groups excluding carboxylic acids is 1. The number of hydrogen-bond acceptors (Lipinski definition) is 5. The van der Waals surface area contributed by atoms with Crippen molar-refractivity contribution in [2.75, 3.05) is 28.7 Å². The topological polar surface area (TPSA) is 54.5 Å². The first kappa shape index (κ1) is 20.5. The van der Waals surface area contributed by atoms with Crippen LogP contribution in [-0.2, 0) is 4.74 Å². The average Bonchev–Trinajstić information content (AvgIpc) is 2.84. The number of para-hydroxylation sites is 1. The summed E-state index contributed by atoms with van der Waals surface area (Å²) in [7, 11) is 0. The Kier molecular flexibility index (Phi) is 5.75. The second-order valence-corrected chi connectivity index (χ2v) is 8.44. The summed E-state index contributed by atoms with van der Waals surface area (Å²) in [4.78, 5) is 17.4. The molecule has 0 bridgehead atoms. The standard InChI is InChI=1S/C25H20FN3O2S/c26-22-15-20(29-16-31-12-13-32-29)9-10-21(22)25(30)27-19-6-3-5-18(14-19)24-11-8-17-4-1-2-7-23(17)28-24/h1-11,14-15H,12-13,16H2,(H,27,30). The molecule has 1 aliphatic rings. The fraction of sp³-hybridized carbons (Fsp3) is 0.120. The van der Waals surface area contributed by atoms with E-state index in [1.165, 1.54) is 12.1 Å². The Bertz CT molecular complexity index is 1290. The number of amides is 1. The number of rotatable bonds is 4. The summed E-state index contributed by atoms with van der Waals surface area (Å²) in [6.07, 6.45) is 0. The molecule has 160 valence electrons. The molecular formula is C25H20FN3O2S. The van der Waals surface area contributed by atoms with Crippen LogP contribution in [0.5, 0.6) is 0 Å². The van der Waals surface area contributed by atoms with E-state index in [4.69, 9.17) is 9.72 Å². The zero-order valence-corrected chi connectivity index (χ0v) is 17.9. The highest BCUT2D eigenvalue weighted by Crippen LogP contribution is 2.28. The van der Waals surface area contributed by atoms with Crippen molar-refractivity contribution in [3.05, 3.63) is 90.2 Å². The van der Waals surface area contributed by atoms with E-state index in [2.05, 4.69) is 5.32 Å². The molecule has 0 spiro atoms. The molecule has 1 N–H and O–H groups in total. The van der Waals surface area contributed by atoms with Crippen LogP contribution in [0.4, 0.5) is 15.8 Å². The molecule has 0 atom stereocenters. The molecule has 1 fully saturated rings. The molecule has 5 nitrogen and oxygen atoms in total. The summed E-state index contributed by atoms with van der Waals surface area (Å²) < 4.78 is 22.0. The van der Waals surface area contributed by atoms with Gasteiger partial charge in [-0.1, -0.05) is 36.4 Å². The van der Waals surface area contributed by atoms with Gasteiger partial charge in [0.15, 0.2) is 0 Å². The first-order valence-corrected chi connectivity index (χ1v) is 11.2. The lowest BCUT2D eigenvalue weighted by Gasteiger charge is -2.27. The molecule has 1 aliphatic heterocycles. The number of fused-ring (bicyclic) bond motifs is 1. The maximum absolute atomic E-state index is 14.7. The van der Waals surface area contributed by atoms with Gasteiger partial charge in [0.2, 0.25) is 0 Å². The van der Waals surface area contributed by atoms with Crippen molar-refractivity contribution in [1.82, 2.24) is 4.98 Å². The van der Waals surface area contributed by atoms with E-state index in [1.807, 2.05) is 58.9 Å². The smallest absolute Gasteiger partial charge is 0.258 e. The van der Waals surface area contributed by atoms with E-state index in [-0.39, 0.29) is 5.56 Å². The fourth-order valence-electron chi connectivity index (χ4n) is 3.56. The summed E-state index contributed by atoms with van der Waals surface area (Å²) in [6, 6.07) is 23.9. The molecule has 4 aromatic rings. The highest BCUT2D eigenvalue weighted by atomic mass is 32.2. The lowest BCUT2D eigenvalue weighted by molar-refractivity contribution is 0.102. The molecule has 2 heterocycles. The quantitative estimate of drug-likeness (QED) is 0.406. The predicted molar refractivity (Wildman–Crippen MR) is 127 cm³/mol. The third kappa shape index (κ3) is 4.30. The Morgan fingerprint density at radius 3 is 2.78 bits per heavy atom. The molecule has 1 amide bonds. The summed E-state index contributed by atoms with van der Waals surface area (Å²) in [5, 5.41) is 3.86. The number of pyridine rings is 1. The molecule has 5 rings (SSSR count). The number of anilines is 2. The first-order valence-electron chi connectivity index (χ1n) is 10.2. The zero-order valence-electron chi connectivity index (χ0n) is 17.1. The third-order valence-electron chi connectivity index (χ3n) is 5.18. The second kappa shape index (κ2) is 8.98. The van der Waals surface area contributed by atoms with Crippen LogP contribution in [0, 0.1) is 5.82 Å². The molecule has 0 radical (unpaired) electrons. The van der Waals surface area contributed by atoms with Gasteiger partial charge in [-0.2, -0.15) is 0 Å². The van der Waals surface area contributed by atoms with Crippen LogP contribution in [0.3, 0.4) is 0 Å². The number of hydrogen-bond donors (Lipinski definition) is 1. The van der Waals surface area contributed by atoms with Crippen molar-refractivity contribution >= 4 is 40.1 Å². The maximum atomic E-state index is 14.7. The van der Waals surface area contributed by atoms with Gasteiger partial charge in [0, 0.05) is 22.4 Å². The van der Waals surface area contributed by atoms with Crippen molar-refractivity contribution in [3.63, 3.8) is 0 Å². The van der Waals surface area contributed by atoms with Gasteiger partial charge < -0.3 is 10.1 Å². The number of aromatic nitrogens is 1. The van der Waals surface area contributed by atoms with Crippen molar-refractivity contribution in [1.29, 1.82) is 0 Å². The van der Waals surface area contributed by atoms with Gasteiger partial charge >= 0.3 is 0 Å². The van der Waals surface area contributed by atoms with Crippen LogP contribution in [-0.4, -0.2) is 30.0 Å². The summed E-state index contributed by atoms with van der Waals surface area (Å²) in [5.41, 5.74) is 3.81. The summed E-state index contributed by atoms with van der Waals surface area (Å²) in [5.74, 6) is -0.259. The molecule has 32 heavy (non-hydrogen) atoms. The maximum Gasteiger partial charge on any atom is 0.258 e. The fourth-order valence-corrected chi connectivity index (χ4v) is 4.39. The number of halogens is 1. The largest absolute Gasteiger partial charge is 0.359 e. The van der Waals surface area contributed by atoms with E-state index in [1.54, 1.807) is 24.1 Å². The zero-order chi connectivity index (χ0) is 21.9. The SMILES string of the molecule is O=C(Nc1cccc(-c2ccc3ccccc3n2)c1)c1ccc(N2COCCS2)cc1F. The van der Waals surface area contributed by atoms with E-state index < -0.39 is 11.7 Å². The van der Waals surface area contributed by atoms with Gasteiger partial charge in [0.25, 0.3) is 5.91 Å². The predicted octanol–water partition coefficient (Wildman–Crippen LogP) is 5.74. The van der Waals surface area contributed by atoms with Crippen molar-refractivity contribution < 1.29 is 13.9 Å². The Morgan fingerprint density at radius 2 is 1.94 bits per heavy atom.